The molecule has 7 heteroatoms. The van der Waals surface area contributed by atoms with Gasteiger partial charge < -0.3 is 15.4 Å². The van der Waals surface area contributed by atoms with Gasteiger partial charge >= 0.3 is 0 Å². The molecule has 0 spiro atoms. The van der Waals surface area contributed by atoms with Crippen molar-refractivity contribution in [3.05, 3.63) is 47.0 Å². The fourth-order valence-electron chi connectivity index (χ4n) is 3.09. The van der Waals surface area contributed by atoms with Crippen molar-refractivity contribution in [1.29, 1.82) is 0 Å². The highest BCUT2D eigenvalue weighted by molar-refractivity contribution is 5.94. The maximum Gasteiger partial charge on any atom is 0.272 e. The first-order chi connectivity index (χ1) is 12.2. The van der Waals surface area contributed by atoms with Crippen LogP contribution in [0.4, 0.5) is 4.39 Å². The van der Waals surface area contributed by atoms with E-state index in [9.17, 15) is 9.18 Å². The van der Waals surface area contributed by atoms with E-state index in [-0.39, 0.29) is 11.7 Å². The van der Waals surface area contributed by atoms with Crippen molar-refractivity contribution in [3.8, 4) is 5.69 Å². The minimum atomic E-state index is -0.339. The Hall–Kier alpha value is -2.25. The summed E-state index contributed by atoms with van der Waals surface area (Å²) >= 11 is 0. The predicted octanol–water partition coefficient (Wildman–Crippen LogP) is 1.47. The van der Waals surface area contributed by atoms with Crippen molar-refractivity contribution < 1.29 is 13.9 Å². The molecule has 1 aliphatic rings. The number of nitrogens with one attached hydrogen (secondary N) is 2. The van der Waals surface area contributed by atoms with Crippen LogP contribution in [-0.2, 0) is 17.6 Å². The number of fused-ring (bicyclic) bond motifs is 1. The zero-order valence-electron chi connectivity index (χ0n) is 14.3. The highest BCUT2D eigenvalue weighted by Crippen LogP contribution is 2.28. The molecule has 1 aromatic heterocycles. The third kappa shape index (κ3) is 3.88. The number of halogens is 1. The molecule has 1 heterocycles. The van der Waals surface area contributed by atoms with Gasteiger partial charge in [0.25, 0.3) is 5.91 Å². The summed E-state index contributed by atoms with van der Waals surface area (Å²) in [4.78, 5) is 12.5. The summed E-state index contributed by atoms with van der Waals surface area (Å²) < 4.78 is 20.7. The molecule has 6 nitrogen and oxygen atoms in total. The van der Waals surface area contributed by atoms with Gasteiger partial charge in [-0.25, -0.2) is 9.07 Å². The normalized spacial score (nSPS) is 13.0. The van der Waals surface area contributed by atoms with Crippen LogP contribution in [0.1, 0.15) is 28.2 Å². The van der Waals surface area contributed by atoms with E-state index in [4.69, 9.17) is 4.74 Å². The summed E-state index contributed by atoms with van der Waals surface area (Å²) in [6.45, 7) is 2.54. The largest absolute Gasteiger partial charge is 0.383 e. The number of para-hydroxylation sites is 1. The van der Waals surface area contributed by atoms with Crippen molar-refractivity contribution in [1.82, 2.24) is 20.4 Å². The average Bonchev–Trinajstić information content (AvgIpc) is 3.21. The first kappa shape index (κ1) is 17.6. The summed E-state index contributed by atoms with van der Waals surface area (Å²) in [7, 11) is 1.65. The number of carbonyl (C=O) groups excluding carboxylic acids is 1. The molecule has 0 fully saturated rings. The van der Waals surface area contributed by atoms with Crippen LogP contribution in [0.3, 0.4) is 0 Å². The van der Waals surface area contributed by atoms with Gasteiger partial charge in [0.05, 0.1) is 6.61 Å². The zero-order chi connectivity index (χ0) is 17.6. The smallest absolute Gasteiger partial charge is 0.272 e. The molecular weight excluding hydrogens is 323 g/mol. The number of benzene rings is 1. The minimum absolute atomic E-state index is 0.207. The van der Waals surface area contributed by atoms with E-state index in [1.165, 1.54) is 6.07 Å². The van der Waals surface area contributed by atoms with Crippen LogP contribution in [0.15, 0.2) is 24.3 Å². The second-order valence-corrected chi connectivity index (χ2v) is 5.99. The third-order valence-corrected chi connectivity index (χ3v) is 4.30. The third-order valence-electron chi connectivity index (χ3n) is 4.30. The number of rotatable bonds is 8. The highest BCUT2D eigenvalue weighted by atomic mass is 19.1. The molecule has 0 radical (unpaired) electrons. The minimum Gasteiger partial charge on any atom is -0.383 e. The molecule has 0 unspecified atom stereocenters. The Balaban J connectivity index is 1.71. The van der Waals surface area contributed by atoms with Gasteiger partial charge in [0.15, 0.2) is 5.69 Å². The van der Waals surface area contributed by atoms with Crippen LogP contribution in [0.25, 0.3) is 5.69 Å². The van der Waals surface area contributed by atoms with Gasteiger partial charge in [0, 0.05) is 38.0 Å². The number of aromatic nitrogens is 2. The van der Waals surface area contributed by atoms with E-state index in [0.29, 0.717) is 31.1 Å². The first-order valence-corrected chi connectivity index (χ1v) is 8.56. The monoisotopic (exact) mass is 346 g/mol. The van der Waals surface area contributed by atoms with Gasteiger partial charge in [-0.3, -0.25) is 4.79 Å². The van der Waals surface area contributed by atoms with Crippen molar-refractivity contribution in [2.45, 2.75) is 19.3 Å². The number of methoxy groups -OCH3 is 1. The van der Waals surface area contributed by atoms with E-state index in [0.717, 1.165) is 37.1 Å². The van der Waals surface area contributed by atoms with Gasteiger partial charge in [-0.2, -0.15) is 5.10 Å². The Morgan fingerprint density at radius 1 is 1.28 bits per heavy atom. The Morgan fingerprint density at radius 2 is 2.12 bits per heavy atom. The quantitative estimate of drug-likeness (QED) is 0.710. The van der Waals surface area contributed by atoms with Crippen LogP contribution in [-0.4, -0.2) is 49.0 Å². The molecule has 2 aromatic rings. The maximum atomic E-state index is 14.1. The van der Waals surface area contributed by atoms with Crippen LogP contribution < -0.4 is 10.6 Å². The van der Waals surface area contributed by atoms with Crippen molar-refractivity contribution >= 4 is 5.91 Å². The Kier molecular flexibility index (Phi) is 5.78. The molecule has 25 heavy (non-hydrogen) atoms. The van der Waals surface area contributed by atoms with E-state index < -0.39 is 0 Å². The lowest BCUT2D eigenvalue weighted by atomic mass is 10.2. The molecule has 0 saturated carbocycles. The van der Waals surface area contributed by atoms with Crippen molar-refractivity contribution in [2.24, 2.45) is 0 Å². The molecule has 3 rings (SSSR count). The first-order valence-electron chi connectivity index (χ1n) is 8.56. The van der Waals surface area contributed by atoms with Crippen LogP contribution in [0.5, 0.6) is 0 Å². The second kappa shape index (κ2) is 8.22. The number of hydrogen-bond donors (Lipinski definition) is 2. The average molecular weight is 346 g/mol. The lowest BCUT2D eigenvalue weighted by molar-refractivity contribution is 0.0947. The van der Waals surface area contributed by atoms with Crippen LogP contribution in [0, 0.1) is 5.82 Å². The van der Waals surface area contributed by atoms with E-state index in [1.807, 2.05) is 0 Å². The second-order valence-electron chi connectivity index (χ2n) is 5.99. The van der Waals surface area contributed by atoms with E-state index in [1.54, 1.807) is 30.0 Å². The lowest BCUT2D eigenvalue weighted by Gasteiger charge is -2.07. The number of amides is 1. The maximum absolute atomic E-state index is 14.1. The van der Waals surface area contributed by atoms with Gasteiger partial charge in [-0.15, -0.1) is 0 Å². The molecule has 0 bridgehead atoms. The zero-order valence-corrected chi connectivity index (χ0v) is 14.3. The standard InChI is InChI=1S/C18H23FN4O2/c1-25-12-11-20-9-10-21-18(24)17-13-5-4-8-15(13)23(22-17)16-7-3-2-6-14(16)19/h2-3,6-7,20H,4-5,8-12H2,1H3,(H,21,24). The Labute approximate surface area is 146 Å². The Morgan fingerprint density at radius 3 is 2.92 bits per heavy atom. The summed E-state index contributed by atoms with van der Waals surface area (Å²) in [5.41, 5.74) is 2.68. The van der Waals surface area contributed by atoms with Gasteiger partial charge in [0.1, 0.15) is 11.5 Å². The molecule has 1 amide bonds. The van der Waals surface area contributed by atoms with E-state index in [2.05, 4.69) is 15.7 Å². The number of carbonyl (C=O) groups is 1. The summed E-state index contributed by atoms with van der Waals surface area (Å²) in [5, 5.41) is 10.5. The summed E-state index contributed by atoms with van der Waals surface area (Å²) in [6.07, 6.45) is 2.57. The SMILES string of the molecule is COCCNCCNC(=O)c1nn(-c2ccccc2F)c2c1CCC2. The summed E-state index contributed by atoms with van der Waals surface area (Å²) in [5.74, 6) is -0.546. The topological polar surface area (TPSA) is 68.2 Å². The summed E-state index contributed by atoms with van der Waals surface area (Å²) in [6, 6.07) is 6.51. The van der Waals surface area contributed by atoms with E-state index >= 15 is 0 Å². The molecular formula is C18H23FN4O2. The molecule has 2 N–H and O–H groups in total. The number of ether oxygens (including phenoxy) is 1. The van der Waals surface area contributed by atoms with Gasteiger partial charge in [-0.05, 0) is 31.4 Å². The number of nitrogens with zero attached hydrogens (tertiary/aromatic N) is 2. The molecule has 134 valence electrons. The van der Waals surface area contributed by atoms with Crippen molar-refractivity contribution in [3.63, 3.8) is 0 Å². The number of hydrogen-bond acceptors (Lipinski definition) is 4. The van der Waals surface area contributed by atoms with Crippen LogP contribution >= 0.6 is 0 Å². The van der Waals surface area contributed by atoms with Gasteiger partial charge in [-0.1, -0.05) is 12.1 Å². The highest BCUT2D eigenvalue weighted by Gasteiger charge is 2.27. The lowest BCUT2D eigenvalue weighted by Crippen LogP contribution is -2.33. The predicted molar refractivity (Wildman–Crippen MR) is 92.6 cm³/mol. The molecule has 1 aromatic carbocycles. The molecule has 0 aliphatic heterocycles. The molecule has 0 saturated heterocycles. The van der Waals surface area contributed by atoms with Crippen LogP contribution in [0.2, 0.25) is 0 Å². The molecule has 1 aliphatic carbocycles. The van der Waals surface area contributed by atoms with Crippen molar-refractivity contribution in [2.75, 3.05) is 33.4 Å². The fourth-order valence-corrected chi connectivity index (χ4v) is 3.09. The Bertz CT molecular complexity index is 745. The molecule has 0 atom stereocenters. The van der Waals surface area contributed by atoms with Gasteiger partial charge in [0.2, 0.25) is 0 Å². The fraction of sp³-hybridized carbons (Fsp3) is 0.444.